The van der Waals surface area contributed by atoms with E-state index in [-0.39, 0.29) is 24.1 Å². The quantitative estimate of drug-likeness (QED) is 0.669. The molecule has 0 amide bonds. The van der Waals surface area contributed by atoms with Crippen molar-refractivity contribution in [2.24, 2.45) is 4.99 Å². The molecule has 0 spiro atoms. The second-order valence-corrected chi connectivity index (χ2v) is 6.80. The van der Waals surface area contributed by atoms with Crippen LogP contribution in [0.15, 0.2) is 77.8 Å². The van der Waals surface area contributed by atoms with Crippen LogP contribution in [0.3, 0.4) is 0 Å². The Morgan fingerprint density at radius 1 is 0.852 bits per heavy atom. The first-order valence-electron chi connectivity index (χ1n) is 9.00. The highest BCUT2D eigenvalue weighted by Gasteiger charge is 2.31. The molecule has 3 aromatic rings. The van der Waals surface area contributed by atoms with E-state index >= 15 is 0 Å². The SMILES string of the molecule is Cc1ccc(F)c(CC2=N[C@@H](c3ccccc3)[C@@H](c3ccccc3)N2)c1F. The van der Waals surface area contributed by atoms with E-state index in [4.69, 9.17) is 4.99 Å². The van der Waals surface area contributed by atoms with Crippen molar-refractivity contribution in [3.63, 3.8) is 0 Å². The van der Waals surface area contributed by atoms with E-state index in [0.717, 1.165) is 11.1 Å². The Labute approximate surface area is 157 Å². The number of rotatable bonds is 4. The summed E-state index contributed by atoms with van der Waals surface area (Å²) in [6.07, 6.45) is 0.103. The maximum atomic E-state index is 14.4. The molecule has 4 rings (SSSR count). The summed E-state index contributed by atoms with van der Waals surface area (Å²) < 4.78 is 28.6. The number of nitrogens with one attached hydrogen (secondary N) is 1. The van der Waals surface area contributed by atoms with Crippen LogP contribution in [-0.4, -0.2) is 5.84 Å². The molecule has 136 valence electrons. The maximum absolute atomic E-state index is 14.4. The molecular weight excluding hydrogens is 342 g/mol. The molecule has 4 heteroatoms. The van der Waals surface area contributed by atoms with Gasteiger partial charge in [0.05, 0.1) is 6.04 Å². The first-order valence-corrected chi connectivity index (χ1v) is 9.00. The Hall–Kier alpha value is -3.01. The van der Waals surface area contributed by atoms with Crippen LogP contribution >= 0.6 is 0 Å². The van der Waals surface area contributed by atoms with Crippen molar-refractivity contribution >= 4 is 5.84 Å². The molecule has 1 N–H and O–H groups in total. The maximum Gasteiger partial charge on any atom is 0.132 e. The molecule has 2 nitrogen and oxygen atoms in total. The zero-order valence-electron chi connectivity index (χ0n) is 15.0. The molecule has 1 aliphatic rings. The van der Waals surface area contributed by atoms with Gasteiger partial charge in [-0.3, -0.25) is 4.99 Å². The summed E-state index contributed by atoms with van der Waals surface area (Å²) >= 11 is 0. The smallest absolute Gasteiger partial charge is 0.132 e. The van der Waals surface area contributed by atoms with E-state index in [1.165, 1.54) is 12.1 Å². The summed E-state index contributed by atoms with van der Waals surface area (Å²) in [6, 6.07) is 22.6. The zero-order valence-corrected chi connectivity index (χ0v) is 15.0. The minimum absolute atomic E-state index is 0.0572. The van der Waals surface area contributed by atoms with Crippen LogP contribution in [0.1, 0.15) is 34.3 Å². The summed E-state index contributed by atoms with van der Waals surface area (Å²) in [4.78, 5) is 4.80. The Morgan fingerprint density at radius 3 is 2.15 bits per heavy atom. The van der Waals surface area contributed by atoms with Crippen LogP contribution in [0.2, 0.25) is 0 Å². The summed E-state index contributed by atoms with van der Waals surface area (Å²) in [5.74, 6) is -0.443. The highest BCUT2D eigenvalue weighted by atomic mass is 19.1. The van der Waals surface area contributed by atoms with Gasteiger partial charge >= 0.3 is 0 Å². The predicted octanol–water partition coefficient (Wildman–Crippen LogP) is 5.30. The number of amidine groups is 1. The van der Waals surface area contributed by atoms with Gasteiger partial charge in [0.2, 0.25) is 0 Å². The summed E-state index contributed by atoms with van der Waals surface area (Å²) in [5.41, 5.74) is 2.65. The average molecular weight is 362 g/mol. The van der Waals surface area contributed by atoms with Gasteiger partial charge in [-0.25, -0.2) is 8.78 Å². The van der Waals surface area contributed by atoms with E-state index in [2.05, 4.69) is 5.32 Å². The second kappa shape index (κ2) is 7.31. The lowest BCUT2D eigenvalue weighted by atomic mass is 9.95. The van der Waals surface area contributed by atoms with Gasteiger partial charge in [0.15, 0.2) is 0 Å². The van der Waals surface area contributed by atoms with Gasteiger partial charge in [-0.1, -0.05) is 66.7 Å². The minimum atomic E-state index is -0.540. The van der Waals surface area contributed by atoms with Crippen LogP contribution in [-0.2, 0) is 6.42 Å². The lowest BCUT2D eigenvalue weighted by molar-refractivity contribution is 0.555. The zero-order chi connectivity index (χ0) is 18.8. The Morgan fingerprint density at radius 2 is 1.48 bits per heavy atom. The molecular formula is C23H20F2N2. The highest BCUT2D eigenvalue weighted by molar-refractivity contribution is 5.87. The molecule has 0 radical (unpaired) electrons. The van der Waals surface area contributed by atoms with Gasteiger partial charge in [0.25, 0.3) is 0 Å². The number of benzene rings is 3. The fraction of sp³-hybridized carbons (Fsp3) is 0.174. The Balaban J connectivity index is 1.69. The van der Waals surface area contributed by atoms with Crippen LogP contribution < -0.4 is 5.32 Å². The van der Waals surface area contributed by atoms with Crippen LogP contribution in [0, 0.1) is 18.6 Å². The topological polar surface area (TPSA) is 24.4 Å². The molecule has 2 atom stereocenters. The molecule has 0 saturated heterocycles. The summed E-state index contributed by atoms with van der Waals surface area (Å²) in [5, 5.41) is 3.39. The normalized spacial score (nSPS) is 18.9. The molecule has 27 heavy (non-hydrogen) atoms. The monoisotopic (exact) mass is 362 g/mol. The second-order valence-electron chi connectivity index (χ2n) is 6.80. The molecule has 3 aromatic carbocycles. The third-order valence-electron chi connectivity index (χ3n) is 4.96. The fourth-order valence-electron chi connectivity index (χ4n) is 3.52. The van der Waals surface area contributed by atoms with Crippen LogP contribution in [0.4, 0.5) is 8.78 Å². The van der Waals surface area contributed by atoms with Gasteiger partial charge < -0.3 is 5.32 Å². The van der Waals surface area contributed by atoms with Crippen LogP contribution in [0.25, 0.3) is 0 Å². The van der Waals surface area contributed by atoms with E-state index in [1.54, 1.807) is 6.92 Å². The van der Waals surface area contributed by atoms with Gasteiger partial charge in [0, 0.05) is 12.0 Å². The third kappa shape index (κ3) is 3.47. The van der Waals surface area contributed by atoms with Crippen molar-refractivity contribution < 1.29 is 8.78 Å². The first-order chi connectivity index (χ1) is 13.1. The fourth-order valence-corrected chi connectivity index (χ4v) is 3.52. The number of aliphatic imine (C=N–C) groups is 1. The minimum Gasteiger partial charge on any atom is -0.364 e. The molecule has 0 aliphatic carbocycles. The number of halogens is 2. The number of aryl methyl sites for hydroxylation is 1. The molecule has 0 aromatic heterocycles. The van der Waals surface area contributed by atoms with E-state index in [0.29, 0.717) is 11.4 Å². The number of hydrogen-bond donors (Lipinski definition) is 1. The standard InChI is InChI=1S/C23H20F2N2/c1-15-12-13-19(24)18(21(15)25)14-20-26-22(16-8-4-2-5-9-16)23(27-20)17-10-6-3-7-11-17/h2-13,22-23H,14H2,1H3,(H,26,27)/t22-,23+. The van der Waals surface area contributed by atoms with Crippen molar-refractivity contribution in [1.82, 2.24) is 5.32 Å². The Kier molecular flexibility index (Phi) is 4.71. The van der Waals surface area contributed by atoms with Crippen molar-refractivity contribution in [2.45, 2.75) is 25.4 Å². The lowest BCUT2D eigenvalue weighted by Gasteiger charge is -2.19. The summed E-state index contributed by atoms with van der Waals surface area (Å²) in [6.45, 7) is 1.64. The Bertz CT molecular complexity index is 968. The number of hydrogen-bond acceptors (Lipinski definition) is 2. The van der Waals surface area contributed by atoms with E-state index < -0.39 is 11.6 Å². The average Bonchev–Trinajstić information content (AvgIpc) is 3.14. The molecule has 0 saturated carbocycles. The highest BCUT2D eigenvalue weighted by Crippen LogP contribution is 2.36. The van der Waals surface area contributed by atoms with Gasteiger partial charge in [0.1, 0.15) is 23.5 Å². The lowest BCUT2D eigenvalue weighted by Crippen LogP contribution is -2.26. The van der Waals surface area contributed by atoms with Crippen LogP contribution in [0.5, 0.6) is 0 Å². The van der Waals surface area contributed by atoms with Crippen molar-refractivity contribution in [3.05, 3.63) is 107 Å². The van der Waals surface area contributed by atoms with Gasteiger partial charge in [-0.05, 0) is 29.7 Å². The largest absolute Gasteiger partial charge is 0.364 e. The molecule has 0 unspecified atom stereocenters. The molecule has 1 aliphatic heterocycles. The number of nitrogens with zero attached hydrogens (tertiary/aromatic N) is 1. The first kappa shape index (κ1) is 17.4. The van der Waals surface area contributed by atoms with Crippen molar-refractivity contribution in [2.75, 3.05) is 0 Å². The third-order valence-corrected chi connectivity index (χ3v) is 4.96. The van der Waals surface area contributed by atoms with E-state index in [1.807, 2.05) is 60.7 Å². The predicted molar refractivity (Wildman–Crippen MR) is 104 cm³/mol. The van der Waals surface area contributed by atoms with Crippen molar-refractivity contribution in [1.29, 1.82) is 0 Å². The summed E-state index contributed by atoms with van der Waals surface area (Å²) in [7, 11) is 0. The molecule has 1 heterocycles. The van der Waals surface area contributed by atoms with Gasteiger partial charge in [-0.2, -0.15) is 0 Å². The molecule has 0 fully saturated rings. The molecule has 0 bridgehead atoms. The van der Waals surface area contributed by atoms with E-state index in [9.17, 15) is 8.78 Å². The van der Waals surface area contributed by atoms with Gasteiger partial charge in [-0.15, -0.1) is 0 Å². The van der Waals surface area contributed by atoms with Crippen molar-refractivity contribution in [3.8, 4) is 0 Å².